The SMILES string of the molecule is CCOc1ccc(-n2c(SCC(=O)Nc3ccc(S(=O)(=O)Nc4cc(C)nc(C)n4)cc3)nnc2-c2ccccc2Cl)cc1. The lowest BCUT2D eigenvalue weighted by Gasteiger charge is -2.12. The van der Waals surface area contributed by atoms with E-state index in [9.17, 15) is 13.2 Å². The number of ether oxygens (including phenoxy) is 1. The van der Waals surface area contributed by atoms with Crippen molar-refractivity contribution in [2.45, 2.75) is 30.8 Å². The van der Waals surface area contributed by atoms with Crippen molar-refractivity contribution >= 4 is 50.8 Å². The van der Waals surface area contributed by atoms with Gasteiger partial charge < -0.3 is 10.1 Å². The zero-order valence-electron chi connectivity index (χ0n) is 24.0. The minimum Gasteiger partial charge on any atom is -0.494 e. The van der Waals surface area contributed by atoms with E-state index in [2.05, 4.69) is 30.2 Å². The monoisotopic (exact) mass is 649 g/mol. The molecule has 0 aliphatic heterocycles. The molecule has 2 N–H and O–H groups in total. The van der Waals surface area contributed by atoms with Crippen molar-refractivity contribution < 1.29 is 17.9 Å². The van der Waals surface area contributed by atoms with Crippen LogP contribution in [-0.2, 0) is 14.8 Å². The first kappa shape index (κ1) is 31.0. The highest BCUT2D eigenvalue weighted by molar-refractivity contribution is 7.99. The molecular weight excluding hydrogens is 622 g/mol. The van der Waals surface area contributed by atoms with Gasteiger partial charge in [0.1, 0.15) is 17.4 Å². The van der Waals surface area contributed by atoms with E-state index in [4.69, 9.17) is 16.3 Å². The highest BCUT2D eigenvalue weighted by atomic mass is 35.5. The Balaban J connectivity index is 1.29. The molecular formula is C30H28ClN7O4S2. The van der Waals surface area contributed by atoms with Crippen LogP contribution in [0.15, 0.2) is 88.9 Å². The Morgan fingerprint density at radius 1 is 0.977 bits per heavy atom. The van der Waals surface area contributed by atoms with Crippen molar-refractivity contribution in [3.05, 3.63) is 95.4 Å². The van der Waals surface area contributed by atoms with E-state index < -0.39 is 10.0 Å². The maximum absolute atomic E-state index is 12.9. The number of hydrogen-bond acceptors (Lipinski definition) is 9. The molecule has 0 saturated carbocycles. The second-order valence-electron chi connectivity index (χ2n) is 9.46. The number of aromatic nitrogens is 5. The molecule has 1 amide bonds. The average Bonchev–Trinajstić information content (AvgIpc) is 3.40. The first-order valence-electron chi connectivity index (χ1n) is 13.4. The van der Waals surface area contributed by atoms with Crippen molar-refractivity contribution in [3.8, 4) is 22.8 Å². The van der Waals surface area contributed by atoms with E-state index in [0.29, 0.717) is 45.4 Å². The number of carbonyl (C=O) groups excluding carboxylic acids is 1. The summed E-state index contributed by atoms with van der Waals surface area (Å²) in [6, 6.07) is 22.2. The Hall–Kier alpha value is -4.46. The van der Waals surface area contributed by atoms with E-state index in [0.717, 1.165) is 11.4 Å². The Bertz CT molecular complexity index is 1880. The number of hydrogen-bond donors (Lipinski definition) is 2. The number of thioether (sulfide) groups is 1. The number of halogens is 1. The topological polar surface area (TPSA) is 141 Å². The summed E-state index contributed by atoms with van der Waals surface area (Å²) in [4.78, 5) is 21.2. The first-order valence-corrected chi connectivity index (χ1v) is 16.3. The first-order chi connectivity index (χ1) is 21.1. The fraction of sp³-hybridized carbons (Fsp3) is 0.167. The third-order valence-electron chi connectivity index (χ3n) is 6.14. The minimum absolute atomic E-state index is 0.0195. The van der Waals surface area contributed by atoms with Crippen molar-refractivity contribution in [3.63, 3.8) is 0 Å². The molecule has 2 heterocycles. The molecule has 0 radical (unpaired) electrons. The summed E-state index contributed by atoms with van der Waals surface area (Å²) in [7, 11) is -3.89. The van der Waals surface area contributed by atoms with Crippen LogP contribution in [0, 0.1) is 13.8 Å². The number of nitrogens with zero attached hydrogens (tertiary/aromatic N) is 5. The number of sulfonamides is 1. The van der Waals surface area contributed by atoms with Crippen LogP contribution in [0.2, 0.25) is 5.02 Å². The summed E-state index contributed by atoms with van der Waals surface area (Å²) in [5.41, 5.74) is 2.55. The highest BCUT2D eigenvalue weighted by Gasteiger charge is 2.20. The molecule has 5 aromatic rings. The van der Waals surface area contributed by atoms with Gasteiger partial charge in [0.2, 0.25) is 5.91 Å². The number of rotatable bonds is 11. The van der Waals surface area contributed by atoms with Gasteiger partial charge in [0.05, 0.1) is 22.3 Å². The second kappa shape index (κ2) is 13.5. The van der Waals surface area contributed by atoms with Gasteiger partial charge in [-0.25, -0.2) is 18.4 Å². The van der Waals surface area contributed by atoms with Crippen LogP contribution in [0.1, 0.15) is 18.4 Å². The van der Waals surface area contributed by atoms with E-state index in [1.165, 1.54) is 36.0 Å². The predicted molar refractivity (Wildman–Crippen MR) is 171 cm³/mol. The van der Waals surface area contributed by atoms with Gasteiger partial charge in [-0.1, -0.05) is 35.5 Å². The fourth-order valence-electron chi connectivity index (χ4n) is 4.28. The van der Waals surface area contributed by atoms with E-state index in [1.807, 2.05) is 54.0 Å². The van der Waals surface area contributed by atoms with Crippen LogP contribution < -0.4 is 14.8 Å². The van der Waals surface area contributed by atoms with E-state index in [-0.39, 0.29) is 22.4 Å². The summed E-state index contributed by atoms with van der Waals surface area (Å²) >= 11 is 7.69. The van der Waals surface area contributed by atoms with Gasteiger partial charge in [0.25, 0.3) is 10.0 Å². The maximum atomic E-state index is 12.9. The number of aryl methyl sites for hydroxylation is 2. The lowest BCUT2D eigenvalue weighted by molar-refractivity contribution is -0.113. The molecule has 0 bridgehead atoms. The second-order valence-corrected chi connectivity index (χ2v) is 12.5. The molecule has 3 aromatic carbocycles. The third-order valence-corrected chi connectivity index (χ3v) is 8.77. The molecule has 44 heavy (non-hydrogen) atoms. The number of amides is 1. The van der Waals surface area contributed by atoms with Crippen molar-refractivity contribution in [2.75, 3.05) is 22.4 Å². The van der Waals surface area contributed by atoms with Gasteiger partial charge in [-0.05, 0) is 81.4 Å². The van der Waals surface area contributed by atoms with Gasteiger partial charge in [-0.3, -0.25) is 14.1 Å². The summed E-state index contributed by atoms with van der Waals surface area (Å²) < 4.78 is 35.6. The largest absolute Gasteiger partial charge is 0.494 e. The lowest BCUT2D eigenvalue weighted by atomic mass is 10.2. The molecule has 0 aliphatic rings. The summed E-state index contributed by atoms with van der Waals surface area (Å²) in [6.45, 7) is 5.90. The molecule has 0 fully saturated rings. The fourth-order valence-corrected chi connectivity index (χ4v) is 6.25. The van der Waals surface area contributed by atoms with Crippen LogP contribution in [0.4, 0.5) is 11.5 Å². The lowest BCUT2D eigenvalue weighted by Crippen LogP contribution is -2.16. The third kappa shape index (κ3) is 7.36. The molecule has 226 valence electrons. The van der Waals surface area contributed by atoms with Crippen LogP contribution >= 0.6 is 23.4 Å². The molecule has 0 spiro atoms. The Labute approximate surface area is 264 Å². The summed E-state index contributed by atoms with van der Waals surface area (Å²) in [6.07, 6.45) is 0. The molecule has 0 atom stereocenters. The van der Waals surface area contributed by atoms with Crippen molar-refractivity contribution in [1.82, 2.24) is 24.7 Å². The van der Waals surface area contributed by atoms with Gasteiger partial charge in [-0.2, -0.15) is 0 Å². The molecule has 11 nitrogen and oxygen atoms in total. The van der Waals surface area contributed by atoms with Gasteiger partial charge >= 0.3 is 0 Å². The summed E-state index contributed by atoms with van der Waals surface area (Å²) in [5, 5.41) is 12.5. The number of nitrogens with one attached hydrogen (secondary N) is 2. The zero-order valence-corrected chi connectivity index (χ0v) is 26.4. The van der Waals surface area contributed by atoms with E-state index >= 15 is 0 Å². The summed E-state index contributed by atoms with van der Waals surface area (Å²) in [5.74, 6) is 1.60. The van der Waals surface area contributed by atoms with Gasteiger partial charge in [0.15, 0.2) is 11.0 Å². The van der Waals surface area contributed by atoms with Crippen molar-refractivity contribution in [1.29, 1.82) is 0 Å². The van der Waals surface area contributed by atoms with Gasteiger partial charge in [0, 0.05) is 28.7 Å². The van der Waals surface area contributed by atoms with E-state index in [1.54, 1.807) is 26.0 Å². The standard InChI is InChI=1S/C30H28ClN7O4S2/c1-4-42-23-13-11-22(12-14-23)38-29(25-7-5-6-8-26(25)31)35-36-30(38)43-18-28(39)34-21-9-15-24(16-10-21)44(40,41)37-27-17-19(2)32-20(3)33-27/h5-17H,4,18H2,1-3H3,(H,34,39)(H,32,33,37). The van der Waals surface area contributed by atoms with Crippen LogP contribution in [0.3, 0.4) is 0 Å². The highest BCUT2D eigenvalue weighted by Crippen LogP contribution is 2.32. The Kier molecular flexibility index (Phi) is 9.47. The predicted octanol–water partition coefficient (Wildman–Crippen LogP) is 5.92. The molecule has 0 unspecified atom stereocenters. The zero-order chi connectivity index (χ0) is 31.3. The number of anilines is 2. The van der Waals surface area contributed by atoms with Crippen LogP contribution in [0.5, 0.6) is 5.75 Å². The number of benzene rings is 3. The normalized spacial score (nSPS) is 11.3. The minimum atomic E-state index is -3.89. The number of carbonyl (C=O) groups is 1. The van der Waals surface area contributed by atoms with Crippen molar-refractivity contribution in [2.24, 2.45) is 0 Å². The molecule has 0 saturated heterocycles. The van der Waals surface area contributed by atoms with Crippen LogP contribution in [0.25, 0.3) is 17.1 Å². The molecule has 14 heteroatoms. The molecule has 5 rings (SSSR count). The maximum Gasteiger partial charge on any atom is 0.263 e. The van der Waals surface area contributed by atoms with Gasteiger partial charge in [-0.15, -0.1) is 10.2 Å². The Morgan fingerprint density at radius 2 is 1.70 bits per heavy atom. The Morgan fingerprint density at radius 3 is 2.39 bits per heavy atom. The smallest absolute Gasteiger partial charge is 0.263 e. The molecule has 2 aromatic heterocycles. The van der Waals surface area contributed by atoms with Crippen LogP contribution in [-0.4, -0.2) is 51.4 Å². The quantitative estimate of drug-likeness (QED) is 0.167. The molecule has 0 aliphatic carbocycles. The average molecular weight is 650 g/mol.